The van der Waals surface area contributed by atoms with Gasteiger partial charge in [0.1, 0.15) is 0 Å². The van der Waals surface area contributed by atoms with Crippen molar-refractivity contribution < 1.29 is 0 Å². The second-order valence-corrected chi connectivity index (χ2v) is 12.8. The minimum absolute atomic E-state index is 0.0810. The van der Waals surface area contributed by atoms with Gasteiger partial charge in [0.05, 0.1) is 22.4 Å². The van der Waals surface area contributed by atoms with Crippen LogP contribution in [0.25, 0.3) is 65.6 Å². The van der Waals surface area contributed by atoms with Gasteiger partial charge < -0.3 is 5.32 Å². The Morgan fingerprint density at radius 3 is 1.59 bits per heavy atom. The number of benzene rings is 8. The van der Waals surface area contributed by atoms with Crippen LogP contribution in [0.15, 0.2) is 176 Å². The van der Waals surface area contributed by atoms with Gasteiger partial charge >= 0.3 is 0 Å². The Balaban J connectivity index is 1.06. The highest BCUT2D eigenvalue weighted by molar-refractivity contribution is 6.28. The Morgan fingerprint density at radius 2 is 0.939 bits per heavy atom. The zero-order valence-corrected chi connectivity index (χ0v) is 27.3. The van der Waals surface area contributed by atoms with Gasteiger partial charge in [0.25, 0.3) is 0 Å². The van der Waals surface area contributed by atoms with Gasteiger partial charge in [0, 0.05) is 16.8 Å². The number of hydrogen-bond donors (Lipinski definition) is 2. The number of anilines is 2. The standard InChI is InChI=1S/C46H35N3/c1-31(37-16-11-17-38(30-37)34-24-22-33(23-25-34)32-12-3-2-4-13-32)47-41-20-9-10-21-42(41)48-49-43-28-26-35-14-5-7-18-39(35)45(43)46-40-19-8-6-15-36(40)27-29-44(46)49/h2-31,47-48H,1H3. The first-order valence-electron chi connectivity index (χ1n) is 16.9. The Hall–Kier alpha value is -6.32. The Morgan fingerprint density at radius 1 is 0.429 bits per heavy atom. The van der Waals surface area contributed by atoms with Gasteiger partial charge in [-0.2, -0.15) is 0 Å². The van der Waals surface area contributed by atoms with E-state index >= 15 is 0 Å². The van der Waals surface area contributed by atoms with E-state index in [4.69, 9.17) is 0 Å². The highest BCUT2D eigenvalue weighted by Crippen LogP contribution is 2.39. The predicted molar refractivity (Wildman–Crippen MR) is 209 cm³/mol. The van der Waals surface area contributed by atoms with E-state index in [2.05, 4.69) is 198 Å². The van der Waals surface area contributed by atoms with E-state index in [1.165, 1.54) is 60.1 Å². The van der Waals surface area contributed by atoms with Crippen LogP contribution in [0.4, 0.5) is 11.4 Å². The first-order valence-corrected chi connectivity index (χ1v) is 16.9. The summed E-state index contributed by atoms with van der Waals surface area (Å²) in [6, 6.07) is 63.2. The highest BCUT2D eigenvalue weighted by atomic mass is 15.4. The minimum atomic E-state index is 0.0810. The molecule has 8 aromatic carbocycles. The molecule has 0 spiro atoms. The van der Waals surface area contributed by atoms with Crippen molar-refractivity contribution in [1.29, 1.82) is 0 Å². The van der Waals surface area contributed by atoms with E-state index in [1.54, 1.807) is 0 Å². The molecule has 2 N–H and O–H groups in total. The second kappa shape index (κ2) is 12.0. The second-order valence-electron chi connectivity index (χ2n) is 12.8. The zero-order chi connectivity index (χ0) is 32.7. The van der Waals surface area contributed by atoms with E-state index < -0.39 is 0 Å². The van der Waals surface area contributed by atoms with Crippen LogP contribution < -0.4 is 10.7 Å². The summed E-state index contributed by atoms with van der Waals surface area (Å²) in [4.78, 5) is 0. The van der Waals surface area contributed by atoms with E-state index in [0.717, 1.165) is 22.4 Å². The van der Waals surface area contributed by atoms with Crippen LogP contribution in [-0.2, 0) is 0 Å². The first kappa shape index (κ1) is 28.9. The van der Waals surface area contributed by atoms with Crippen LogP contribution in [0.5, 0.6) is 0 Å². The van der Waals surface area contributed by atoms with Gasteiger partial charge in [0.2, 0.25) is 0 Å². The fourth-order valence-electron chi connectivity index (χ4n) is 7.29. The van der Waals surface area contributed by atoms with Crippen molar-refractivity contribution in [3.8, 4) is 22.3 Å². The van der Waals surface area contributed by atoms with Crippen molar-refractivity contribution in [2.75, 3.05) is 10.7 Å². The van der Waals surface area contributed by atoms with E-state index in [-0.39, 0.29) is 6.04 Å². The lowest BCUT2D eigenvalue weighted by atomic mass is 9.97. The summed E-state index contributed by atoms with van der Waals surface area (Å²) in [5, 5.41) is 11.4. The van der Waals surface area contributed by atoms with E-state index in [0.29, 0.717) is 0 Å². The Kier molecular flexibility index (Phi) is 7.09. The van der Waals surface area contributed by atoms with Crippen molar-refractivity contribution in [2.45, 2.75) is 13.0 Å². The van der Waals surface area contributed by atoms with Crippen molar-refractivity contribution in [3.05, 3.63) is 181 Å². The van der Waals surface area contributed by atoms with Crippen molar-refractivity contribution in [3.63, 3.8) is 0 Å². The number of hydrogen-bond acceptors (Lipinski definition) is 2. The molecule has 1 unspecified atom stereocenters. The first-order chi connectivity index (χ1) is 24.2. The molecule has 234 valence electrons. The van der Waals surface area contributed by atoms with Crippen LogP contribution in [-0.4, -0.2) is 4.68 Å². The topological polar surface area (TPSA) is 29.0 Å². The third-order valence-electron chi connectivity index (χ3n) is 9.79. The van der Waals surface area contributed by atoms with Crippen LogP contribution in [0.3, 0.4) is 0 Å². The van der Waals surface area contributed by atoms with Crippen LogP contribution in [0.2, 0.25) is 0 Å². The maximum absolute atomic E-state index is 3.83. The molecule has 49 heavy (non-hydrogen) atoms. The zero-order valence-electron chi connectivity index (χ0n) is 27.3. The van der Waals surface area contributed by atoms with Crippen molar-refractivity contribution >= 4 is 54.7 Å². The SMILES string of the molecule is CC(Nc1ccccc1Nn1c2ccc3ccccc3c2c2c3ccccc3ccc21)c1cccc(-c2ccc(-c3ccccc3)cc2)c1. The number of para-hydroxylation sites is 2. The van der Waals surface area contributed by atoms with Crippen molar-refractivity contribution in [1.82, 2.24) is 4.68 Å². The number of nitrogens with zero attached hydrogens (tertiary/aromatic N) is 1. The number of aromatic nitrogens is 1. The average Bonchev–Trinajstić information content (AvgIpc) is 3.50. The molecular weight excluding hydrogens is 595 g/mol. The van der Waals surface area contributed by atoms with Crippen molar-refractivity contribution in [2.24, 2.45) is 0 Å². The summed E-state index contributed by atoms with van der Waals surface area (Å²) in [5.41, 5.74) is 14.3. The minimum Gasteiger partial charge on any atom is -0.377 e. The maximum atomic E-state index is 3.83. The number of rotatable bonds is 7. The van der Waals surface area contributed by atoms with E-state index in [1.807, 2.05) is 0 Å². The van der Waals surface area contributed by atoms with Crippen LogP contribution >= 0.6 is 0 Å². The molecule has 3 heteroatoms. The molecule has 1 aromatic heterocycles. The third-order valence-corrected chi connectivity index (χ3v) is 9.79. The number of nitrogens with one attached hydrogen (secondary N) is 2. The highest BCUT2D eigenvalue weighted by Gasteiger charge is 2.17. The van der Waals surface area contributed by atoms with Gasteiger partial charge in [-0.05, 0) is 86.6 Å². The summed E-state index contributed by atoms with van der Waals surface area (Å²) >= 11 is 0. The molecular formula is C46H35N3. The quantitative estimate of drug-likeness (QED) is 0.184. The lowest BCUT2D eigenvalue weighted by Gasteiger charge is -2.21. The molecule has 0 aliphatic heterocycles. The molecule has 1 atom stereocenters. The lowest BCUT2D eigenvalue weighted by Crippen LogP contribution is -2.13. The fourth-order valence-corrected chi connectivity index (χ4v) is 7.29. The molecule has 0 aliphatic rings. The molecule has 0 saturated carbocycles. The maximum Gasteiger partial charge on any atom is 0.0777 e. The number of fused-ring (bicyclic) bond motifs is 7. The molecule has 0 fully saturated rings. The monoisotopic (exact) mass is 629 g/mol. The van der Waals surface area contributed by atoms with Crippen LogP contribution in [0, 0.1) is 0 Å². The molecule has 0 amide bonds. The molecule has 0 saturated heterocycles. The molecule has 3 nitrogen and oxygen atoms in total. The Bertz CT molecular complexity index is 2520. The predicted octanol–water partition coefficient (Wildman–Crippen LogP) is 12.5. The summed E-state index contributed by atoms with van der Waals surface area (Å²) in [5.74, 6) is 0. The summed E-state index contributed by atoms with van der Waals surface area (Å²) in [6.07, 6.45) is 0. The summed E-state index contributed by atoms with van der Waals surface area (Å²) in [6.45, 7) is 2.23. The van der Waals surface area contributed by atoms with Gasteiger partial charge in [-0.3, -0.25) is 10.1 Å². The smallest absolute Gasteiger partial charge is 0.0777 e. The van der Waals surface area contributed by atoms with Gasteiger partial charge in [-0.15, -0.1) is 0 Å². The summed E-state index contributed by atoms with van der Waals surface area (Å²) < 4.78 is 2.26. The van der Waals surface area contributed by atoms with Crippen LogP contribution in [0.1, 0.15) is 18.5 Å². The average molecular weight is 630 g/mol. The summed E-state index contributed by atoms with van der Waals surface area (Å²) in [7, 11) is 0. The fraction of sp³-hybridized carbons (Fsp3) is 0.0435. The third kappa shape index (κ3) is 5.17. The van der Waals surface area contributed by atoms with Gasteiger partial charge in [-0.1, -0.05) is 146 Å². The molecule has 0 radical (unpaired) electrons. The molecule has 9 aromatic rings. The molecule has 0 bridgehead atoms. The molecule has 9 rings (SSSR count). The van der Waals surface area contributed by atoms with E-state index in [9.17, 15) is 0 Å². The normalized spacial score (nSPS) is 12.1. The lowest BCUT2D eigenvalue weighted by molar-refractivity contribution is 0.884. The Labute approximate surface area is 286 Å². The molecule has 0 aliphatic carbocycles. The van der Waals surface area contributed by atoms with Gasteiger partial charge in [0.15, 0.2) is 0 Å². The largest absolute Gasteiger partial charge is 0.377 e. The molecule has 1 heterocycles. The van der Waals surface area contributed by atoms with Gasteiger partial charge in [-0.25, -0.2) is 0 Å².